The van der Waals surface area contributed by atoms with E-state index in [1.807, 2.05) is 42.5 Å². The zero-order valence-corrected chi connectivity index (χ0v) is 19.3. The maximum absolute atomic E-state index is 12.5. The maximum atomic E-state index is 12.5. The summed E-state index contributed by atoms with van der Waals surface area (Å²) in [5.41, 5.74) is 1.85. The number of aliphatic imine (C=N–C) groups is 1. The fraction of sp³-hybridized carbons (Fsp3) is 0.0357. The van der Waals surface area contributed by atoms with Gasteiger partial charge in [-0.1, -0.05) is 48.0 Å². The number of methoxy groups -OCH3 is 1. The third-order valence-electron chi connectivity index (χ3n) is 5.39. The number of ether oxygens (including phenoxy) is 3. The minimum atomic E-state index is -0.551. The van der Waals surface area contributed by atoms with E-state index in [9.17, 15) is 9.59 Å². The molecule has 7 heteroatoms. The number of rotatable bonds is 5. The summed E-state index contributed by atoms with van der Waals surface area (Å²) in [6, 6.07) is 25.0. The first-order valence-electron chi connectivity index (χ1n) is 10.7. The molecule has 1 heterocycles. The van der Waals surface area contributed by atoms with Crippen molar-refractivity contribution in [2.24, 2.45) is 4.99 Å². The molecule has 5 rings (SSSR count). The van der Waals surface area contributed by atoms with Crippen molar-refractivity contribution < 1.29 is 23.8 Å². The van der Waals surface area contributed by atoms with E-state index in [0.29, 0.717) is 27.5 Å². The largest absolute Gasteiger partial charge is 0.493 e. The first-order valence-corrected chi connectivity index (χ1v) is 11.1. The van der Waals surface area contributed by atoms with Crippen LogP contribution in [0.15, 0.2) is 95.6 Å². The van der Waals surface area contributed by atoms with Crippen molar-refractivity contribution in [2.45, 2.75) is 0 Å². The monoisotopic (exact) mass is 483 g/mol. The Balaban J connectivity index is 1.39. The van der Waals surface area contributed by atoms with Crippen molar-refractivity contribution in [1.29, 1.82) is 0 Å². The summed E-state index contributed by atoms with van der Waals surface area (Å²) in [5, 5.41) is 2.63. The topological polar surface area (TPSA) is 74.2 Å². The zero-order valence-electron chi connectivity index (χ0n) is 18.5. The summed E-state index contributed by atoms with van der Waals surface area (Å²) in [7, 11) is 1.46. The second-order valence-electron chi connectivity index (χ2n) is 7.70. The lowest BCUT2D eigenvalue weighted by Crippen LogP contribution is -2.09. The first-order chi connectivity index (χ1) is 17.0. The van der Waals surface area contributed by atoms with Gasteiger partial charge in [-0.3, -0.25) is 0 Å². The van der Waals surface area contributed by atoms with Gasteiger partial charge in [0.25, 0.3) is 0 Å². The minimum absolute atomic E-state index is 0.154. The Labute approximate surface area is 206 Å². The second-order valence-corrected chi connectivity index (χ2v) is 8.14. The highest BCUT2D eigenvalue weighted by molar-refractivity contribution is 6.30. The molecule has 0 radical (unpaired) electrons. The zero-order chi connectivity index (χ0) is 24.4. The second kappa shape index (κ2) is 9.44. The SMILES string of the molecule is COc1cc(/C=C2\N=C(c3ccc4ccccc4c3)OC2=O)ccc1OC(=O)c1ccc(Cl)cc1. The van der Waals surface area contributed by atoms with Crippen LogP contribution in [-0.2, 0) is 9.53 Å². The molecule has 6 nitrogen and oxygen atoms in total. The molecule has 1 aliphatic rings. The Hall–Kier alpha value is -4.42. The van der Waals surface area contributed by atoms with E-state index in [-0.39, 0.29) is 17.3 Å². The minimum Gasteiger partial charge on any atom is -0.493 e. The average molecular weight is 484 g/mol. The van der Waals surface area contributed by atoms with Crippen LogP contribution >= 0.6 is 11.6 Å². The van der Waals surface area contributed by atoms with Crippen molar-refractivity contribution in [3.05, 3.63) is 112 Å². The molecule has 0 amide bonds. The van der Waals surface area contributed by atoms with Gasteiger partial charge in [-0.25, -0.2) is 14.6 Å². The van der Waals surface area contributed by atoms with Crippen LogP contribution in [0.3, 0.4) is 0 Å². The van der Waals surface area contributed by atoms with E-state index in [1.54, 1.807) is 48.5 Å². The van der Waals surface area contributed by atoms with E-state index >= 15 is 0 Å². The van der Waals surface area contributed by atoms with Crippen LogP contribution < -0.4 is 9.47 Å². The van der Waals surface area contributed by atoms with Gasteiger partial charge in [0.05, 0.1) is 12.7 Å². The highest BCUT2D eigenvalue weighted by atomic mass is 35.5. The van der Waals surface area contributed by atoms with Crippen LogP contribution in [-0.4, -0.2) is 24.9 Å². The van der Waals surface area contributed by atoms with Crippen LogP contribution in [0.2, 0.25) is 5.02 Å². The third-order valence-corrected chi connectivity index (χ3v) is 5.64. The van der Waals surface area contributed by atoms with E-state index in [4.69, 9.17) is 25.8 Å². The van der Waals surface area contributed by atoms with Crippen LogP contribution in [0, 0.1) is 0 Å². The van der Waals surface area contributed by atoms with Gasteiger partial charge in [-0.05, 0) is 70.9 Å². The Morgan fingerprint density at radius 2 is 1.69 bits per heavy atom. The van der Waals surface area contributed by atoms with Gasteiger partial charge >= 0.3 is 11.9 Å². The van der Waals surface area contributed by atoms with Crippen LogP contribution in [0.1, 0.15) is 21.5 Å². The molecule has 0 spiro atoms. The lowest BCUT2D eigenvalue weighted by molar-refractivity contribution is -0.129. The predicted octanol–water partition coefficient (Wildman–Crippen LogP) is 6.07. The number of halogens is 1. The van der Waals surface area contributed by atoms with Crippen LogP contribution in [0.5, 0.6) is 11.5 Å². The molecule has 172 valence electrons. The number of fused-ring (bicyclic) bond motifs is 1. The molecule has 0 atom stereocenters. The summed E-state index contributed by atoms with van der Waals surface area (Å²) in [6.07, 6.45) is 1.59. The van der Waals surface area contributed by atoms with Crippen molar-refractivity contribution >= 4 is 46.3 Å². The summed E-state index contributed by atoms with van der Waals surface area (Å²) < 4.78 is 16.3. The standard InChI is InChI=1S/C28H18ClNO5/c1-33-25-15-17(6-13-24(25)34-27(31)19-9-11-22(29)12-10-19)14-23-28(32)35-26(30-23)21-8-7-18-4-2-3-5-20(18)16-21/h2-16H,1H3/b23-14-. The highest BCUT2D eigenvalue weighted by Crippen LogP contribution is 2.31. The molecule has 0 aliphatic carbocycles. The third kappa shape index (κ3) is 4.78. The van der Waals surface area contributed by atoms with Crippen molar-refractivity contribution in [3.8, 4) is 11.5 Å². The van der Waals surface area contributed by atoms with Crippen molar-refractivity contribution in [2.75, 3.05) is 7.11 Å². The first kappa shape index (κ1) is 22.4. The van der Waals surface area contributed by atoms with Gasteiger partial charge < -0.3 is 14.2 Å². The fourth-order valence-corrected chi connectivity index (χ4v) is 3.74. The van der Waals surface area contributed by atoms with Crippen LogP contribution in [0.25, 0.3) is 16.8 Å². The molecular formula is C28H18ClNO5. The number of carbonyl (C=O) groups is 2. The van der Waals surface area contributed by atoms with Gasteiger partial charge in [0.15, 0.2) is 17.2 Å². The quantitative estimate of drug-likeness (QED) is 0.196. The van der Waals surface area contributed by atoms with Gasteiger partial charge in [-0.2, -0.15) is 0 Å². The van der Waals surface area contributed by atoms with Crippen LogP contribution in [0.4, 0.5) is 0 Å². The number of carbonyl (C=O) groups excluding carboxylic acids is 2. The molecule has 1 aliphatic heterocycles. The number of esters is 2. The fourth-order valence-electron chi connectivity index (χ4n) is 3.62. The smallest absolute Gasteiger partial charge is 0.363 e. The number of cyclic esters (lactones) is 1. The molecule has 0 bridgehead atoms. The Morgan fingerprint density at radius 3 is 2.46 bits per heavy atom. The lowest BCUT2D eigenvalue weighted by Gasteiger charge is -2.10. The summed E-state index contributed by atoms with van der Waals surface area (Å²) in [5.74, 6) is -0.288. The van der Waals surface area contributed by atoms with Crippen molar-refractivity contribution in [3.63, 3.8) is 0 Å². The maximum Gasteiger partial charge on any atom is 0.363 e. The molecule has 0 fully saturated rings. The molecule has 35 heavy (non-hydrogen) atoms. The molecule has 0 saturated heterocycles. The number of hydrogen-bond donors (Lipinski definition) is 0. The lowest BCUT2D eigenvalue weighted by atomic mass is 10.1. The molecule has 0 saturated carbocycles. The van der Waals surface area contributed by atoms with E-state index in [0.717, 1.165) is 10.8 Å². The molecule has 4 aromatic carbocycles. The van der Waals surface area contributed by atoms with E-state index in [1.165, 1.54) is 7.11 Å². The molecule has 0 unspecified atom stereocenters. The van der Waals surface area contributed by atoms with Crippen molar-refractivity contribution in [1.82, 2.24) is 0 Å². The van der Waals surface area contributed by atoms with E-state index in [2.05, 4.69) is 4.99 Å². The molecule has 0 aromatic heterocycles. The Bertz CT molecular complexity index is 1520. The summed E-state index contributed by atoms with van der Waals surface area (Å²) in [4.78, 5) is 29.3. The Kier molecular flexibility index (Phi) is 6.04. The average Bonchev–Trinajstić information content (AvgIpc) is 3.24. The van der Waals surface area contributed by atoms with E-state index < -0.39 is 11.9 Å². The molecule has 4 aromatic rings. The number of nitrogens with zero attached hydrogens (tertiary/aromatic N) is 1. The number of benzene rings is 4. The van der Waals surface area contributed by atoms with Gasteiger partial charge in [0.1, 0.15) is 0 Å². The number of hydrogen-bond acceptors (Lipinski definition) is 6. The molecule has 0 N–H and O–H groups in total. The Morgan fingerprint density at radius 1 is 0.914 bits per heavy atom. The molecular weight excluding hydrogens is 466 g/mol. The summed E-state index contributed by atoms with van der Waals surface area (Å²) in [6.45, 7) is 0. The normalized spacial score (nSPS) is 14.1. The van der Waals surface area contributed by atoms with Gasteiger partial charge in [0, 0.05) is 10.6 Å². The predicted molar refractivity (Wildman–Crippen MR) is 134 cm³/mol. The highest BCUT2D eigenvalue weighted by Gasteiger charge is 2.24. The summed E-state index contributed by atoms with van der Waals surface area (Å²) >= 11 is 5.87. The van der Waals surface area contributed by atoms with Gasteiger partial charge in [-0.15, -0.1) is 0 Å². The van der Waals surface area contributed by atoms with Gasteiger partial charge in [0.2, 0.25) is 5.90 Å².